The van der Waals surface area contributed by atoms with Crippen molar-refractivity contribution in [2.75, 3.05) is 17.2 Å². The van der Waals surface area contributed by atoms with Crippen LogP contribution in [0.3, 0.4) is 0 Å². The molecule has 1 aromatic heterocycles. The van der Waals surface area contributed by atoms with E-state index in [2.05, 4.69) is 15.6 Å². The average molecular weight is 346 g/mol. The second-order valence-corrected chi connectivity index (χ2v) is 5.75. The van der Waals surface area contributed by atoms with Gasteiger partial charge in [0.05, 0.1) is 28.5 Å². The Morgan fingerprint density at radius 1 is 1.04 bits per heavy atom. The van der Waals surface area contributed by atoms with E-state index in [4.69, 9.17) is 23.2 Å². The molecule has 0 fully saturated rings. The summed E-state index contributed by atoms with van der Waals surface area (Å²) in [5, 5.41) is 7.77. The quantitative estimate of drug-likeness (QED) is 0.726. The van der Waals surface area contributed by atoms with Gasteiger partial charge in [-0.15, -0.1) is 0 Å². The van der Waals surface area contributed by atoms with Crippen LogP contribution >= 0.6 is 23.2 Å². The maximum atomic E-state index is 12.1. The summed E-state index contributed by atoms with van der Waals surface area (Å²) in [6.07, 6.45) is 1.72. The minimum atomic E-state index is -0.206. The summed E-state index contributed by atoms with van der Waals surface area (Å²) >= 11 is 11.9. The fourth-order valence-corrected chi connectivity index (χ4v) is 2.66. The summed E-state index contributed by atoms with van der Waals surface area (Å²) in [5.41, 5.74) is 2.16. The fourth-order valence-electron chi connectivity index (χ4n) is 2.21. The molecule has 2 aromatic carbocycles. The van der Waals surface area contributed by atoms with Gasteiger partial charge >= 0.3 is 0 Å². The largest absolute Gasteiger partial charge is 0.374 e. The van der Waals surface area contributed by atoms with Gasteiger partial charge in [0.15, 0.2) is 0 Å². The van der Waals surface area contributed by atoms with Crippen molar-refractivity contribution in [1.29, 1.82) is 0 Å². The third-order valence-corrected chi connectivity index (χ3v) is 3.83. The average Bonchev–Trinajstić information content (AvgIpc) is 2.55. The van der Waals surface area contributed by atoms with Gasteiger partial charge in [0.25, 0.3) is 0 Å². The second kappa shape index (κ2) is 6.86. The number of carbonyl (C=O) groups is 1. The first-order chi connectivity index (χ1) is 11.1. The number of rotatable bonds is 4. The molecule has 0 saturated carbocycles. The van der Waals surface area contributed by atoms with Crippen molar-refractivity contribution >= 4 is 51.4 Å². The summed E-state index contributed by atoms with van der Waals surface area (Å²) in [6.45, 7) is 0.106. The standard InChI is InChI=1S/C17H13Cl2N3O/c18-12-6-7-14(13(19)9-12)22-16(23)10-21-15-5-1-3-11-4-2-8-20-17(11)15/h1-9,21H,10H2,(H,22,23). The molecule has 1 amide bonds. The van der Waals surface area contributed by atoms with Crippen LogP contribution in [0.4, 0.5) is 11.4 Å². The number of aromatic nitrogens is 1. The minimum absolute atomic E-state index is 0.106. The molecule has 0 bridgehead atoms. The molecule has 0 radical (unpaired) electrons. The highest BCUT2D eigenvalue weighted by atomic mass is 35.5. The summed E-state index contributed by atoms with van der Waals surface area (Å²) in [4.78, 5) is 16.4. The zero-order chi connectivity index (χ0) is 16.2. The Kier molecular flexibility index (Phi) is 4.65. The summed E-state index contributed by atoms with van der Waals surface area (Å²) in [5.74, 6) is -0.206. The van der Waals surface area contributed by atoms with Gasteiger partial charge in [0.2, 0.25) is 5.91 Å². The lowest BCUT2D eigenvalue weighted by Crippen LogP contribution is -2.22. The molecular weight excluding hydrogens is 333 g/mol. The summed E-state index contributed by atoms with van der Waals surface area (Å²) in [7, 11) is 0. The molecule has 3 aromatic rings. The lowest BCUT2D eigenvalue weighted by Gasteiger charge is -2.10. The molecule has 0 atom stereocenters. The van der Waals surface area contributed by atoms with Crippen LogP contribution in [0, 0.1) is 0 Å². The van der Waals surface area contributed by atoms with Crippen LogP contribution in [-0.4, -0.2) is 17.4 Å². The van der Waals surface area contributed by atoms with Crippen molar-refractivity contribution in [2.24, 2.45) is 0 Å². The van der Waals surface area contributed by atoms with Crippen LogP contribution in [0.15, 0.2) is 54.7 Å². The van der Waals surface area contributed by atoms with E-state index in [0.29, 0.717) is 15.7 Å². The molecule has 23 heavy (non-hydrogen) atoms. The predicted octanol–water partition coefficient (Wildman–Crippen LogP) is 4.59. The van der Waals surface area contributed by atoms with Crippen molar-refractivity contribution < 1.29 is 4.79 Å². The Bertz CT molecular complexity index is 862. The molecule has 3 rings (SSSR count). The number of hydrogen-bond acceptors (Lipinski definition) is 3. The van der Waals surface area contributed by atoms with E-state index in [1.807, 2.05) is 30.3 Å². The smallest absolute Gasteiger partial charge is 0.243 e. The molecule has 4 nitrogen and oxygen atoms in total. The predicted molar refractivity (Wildman–Crippen MR) is 95.3 cm³/mol. The number of hydrogen-bond donors (Lipinski definition) is 2. The number of halogens is 2. The number of benzene rings is 2. The Morgan fingerprint density at radius 3 is 2.70 bits per heavy atom. The topological polar surface area (TPSA) is 54.0 Å². The van der Waals surface area contributed by atoms with Gasteiger partial charge < -0.3 is 10.6 Å². The molecule has 0 aliphatic carbocycles. The summed E-state index contributed by atoms with van der Waals surface area (Å²) < 4.78 is 0. The van der Waals surface area contributed by atoms with Gasteiger partial charge in [0.1, 0.15) is 0 Å². The van der Waals surface area contributed by atoms with Gasteiger partial charge in [-0.25, -0.2) is 0 Å². The molecule has 2 N–H and O–H groups in total. The van der Waals surface area contributed by atoms with Crippen LogP contribution < -0.4 is 10.6 Å². The number of anilines is 2. The van der Waals surface area contributed by atoms with Crippen LogP contribution in [0.2, 0.25) is 10.0 Å². The molecule has 6 heteroatoms. The van der Waals surface area contributed by atoms with E-state index < -0.39 is 0 Å². The van der Waals surface area contributed by atoms with Gasteiger partial charge in [-0.1, -0.05) is 41.4 Å². The van der Waals surface area contributed by atoms with Crippen molar-refractivity contribution in [1.82, 2.24) is 4.98 Å². The van der Waals surface area contributed by atoms with Crippen LogP contribution in [0.25, 0.3) is 10.9 Å². The van der Waals surface area contributed by atoms with Gasteiger partial charge in [-0.2, -0.15) is 0 Å². The highest BCUT2D eigenvalue weighted by Gasteiger charge is 2.08. The zero-order valence-corrected chi connectivity index (χ0v) is 13.5. The van der Waals surface area contributed by atoms with Crippen LogP contribution in [0.1, 0.15) is 0 Å². The van der Waals surface area contributed by atoms with Crippen LogP contribution in [-0.2, 0) is 4.79 Å². The number of amides is 1. The Labute approximate surface area is 143 Å². The number of carbonyl (C=O) groups excluding carboxylic acids is 1. The number of fused-ring (bicyclic) bond motifs is 1. The molecule has 0 aliphatic heterocycles. The van der Waals surface area contributed by atoms with Crippen molar-refractivity contribution in [2.45, 2.75) is 0 Å². The Hall–Kier alpha value is -2.30. The van der Waals surface area contributed by atoms with E-state index in [9.17, 15) is 4.79 Å². The van der Waals surface area contributed by atoms with Crippen LogP contribution in [0.5, 0.6) is 0 Å². The molecular formula is C17H13Cl2N3O. The number of pyridine rings is 1. The lowest BCUT2D eigenvalue weighted by atomic mass is 10.2. The first-order valence-corrected chi connectivity index (χ1v) is 7.71. The van der Waals surface area contributed by atoms with E-state index in [1.165, 1.54) is 0 Å². The Morgan fingerprint density at radius 2 is 1.87 bits per heavy atom. The van der Waals surface area contributed by atoms with Gasteiger partial charge in [-0.3, -0.25) is 9.78 Å². The van der Waals surface area contributed by atoms with E-state index >= 15 is 0 Å². The lowest BCUT2D eigenvalue weighted by molar-refractivity contribution is -0.114. The van der Waals surface area contributed by atoms with Crippen molar-refractivity contribution in [3.05, 3.63) is 64.8 Å². The van der Waals surface area contributed by atoms with Gasteiger partial charge in [-0.05, 0) is 30.3 Å². The van der Waals surface area contributed by atoms with Crippen molar-refractivity contribution in [3.8, 4) is 0 Å². The molecule has 0 saturated heterocycles. The first-order valence-electron chi connectivity index (χ1n) is 6.96. The fraction of sp³-hybridized carbons (Fsp3) is 0.0588. The maximum Gasteiger partial charge on any atom is 0.243 e. The molecule has 0 aliphatic rings. The third kappa shape index (κ3) is 3.73. The molecule has 116 valence electrons. The van der Waals surface area contributed by atoms with E-state index in [1.54, 1.807) is 24.4 Å². The maximum absolute atomic E-state index is 12.1. The number of nitrogens with zero attached hydrogens (tertiary/aromatic N) is 1. The van der Waals surface area contributed by atoms with Crippen molar-refractivity contribution in [3.63, 3.8) is 0 Å². The minimum Gasteiger partial charge on any atom is -0.374 e. The highest BCUT2D eigenvalue weighted by Crippen LogP contribution is 2.25. The second-order valence-electron chi connectivity index (χ2n) is 4.91. The summed E-state index contributed by atoms with van der Waals surface area (Å²) in [6, 6.07) is 14.6. The SMILES string of the molecule is O=C(CNc1cccc2cccnc12)Nc1ccc(Cl)cc1Cl. The Balaban J connectivity index is 1.69. The third-order valence-electron chi connectivity index (χ3n) is 3.28. The molecule has 1 heterocycles. The number of nitrogens with one attached hydrogen (secondary N) is 2. The molecule has 0 unspecified atom stereocenters. The zero-order valence-electron chi connectivity index (χ0n) is 12.0. The first kappa shape index (κ1) is 15.6. The molecule has 0 spiro atoms. The monoisotopic (exact) mass is 345 g/mol. The highest BCUT2D eigenvalue weighted by molar-refractivity contribution is 6.36. The van der Waals surface area contributed by atoms with E-state index in [0.717, 1.165) is 16.6 Å². The van der Waals surface area contributed by atoms with E-state index in [-0.39, 0.29) is 12.5 Å². The van der Waals surface area contributed by atoms with Gasteiger partial charge in [0, 0.05) is 16.6 Å². The normalized spacial score (nSPS) is 10.5. The number of para-hydroxylation sites is 1.